The molecule has 0 radical (unpaired) electrons. The Morgan fingerprint density at radius 2 is 1.97 bits per heavy atom. The van der Waals surface area contributed by atoms with E-state index < -0.39 is 24.6 Å². The summed E-state index contributed by atoms with van der Waals surface area (Å²) in [4.78, 5) is 16.4. The second-order valence-electron chi connectivity index (χ2n) is 7.45. The minimum atomic E-state index is -3.09. The Balaban J connectivity index is 0.000000710. The zero-order valence-corrected chi connectivity index (χ0v) is 18.2. The number of hydrogen-bond acceptors (Lipinski definition) is 5. The summed E-state index contributed by atoms with van der Waals surface area (Å²) in [7, 11) is 1.56. The Morgan fingerprint density at radius 3 is 2.68 bits per heavy atom. The van der Waals surface area contributed by atoms with Gasteiger partial charge in [0.2, 0.25) is 5.75 Å². The van der Waals surface area contributed by atoms with Crippen LogP contribution in [0.3, 0.4) is 0 Å². The van der Waals surface area contributed by atoms with E-state index in [9.17, 15) is 13.6 Å². The number of halogens is 4. The summed E-state index contributed by atoms with van der Waals surface area (Å²) in [5.41, 5.74) is 1.47. The maximum atomic E-state index is 13.8. The third-order valence-electron chi connectivity index (χ3n) is 4.78. The molecule has 0 unspecified atom stereocenters. The van der Waals surface area contributed by atoms with Crippen LogP contribution in [0, 0.1) is 0 Å². The van der Waals surface area contributed by atoms with Crippen molar-refractivity contribution in [3.8, 4) is 5.75 Å². The predicted molar refractivity (Wildman–Crippen MR) is 120 cm³/mol. The lowest BCUT2D eigenvalue weighted by Crippen LogP contribution is -2.31. The lowest BCUT2D eigenvalue weighted by molar-refractivity contribution is -0.0251. The zero-order chi connectivity index (χ0) is 22.2. The van der Waals surface area contributed by atoms with Crippen molar-refractivity contribution in [2.24, 2.45) is 7.05 Å². The van der Waals surface area contributed by atoms with E-state index in [0.717, 1.165) is 0 Å². The molecule has 1 fully saturated rings. The highest BCUT2D eigenvalue weighted by Gasteiger charge is 2.35. The van der Waals surface area contributed by atoms with Crippen molar-refractivity contribution in [3.63, 3.8) is 0 Å². The van der Waals surface area contributed by atoms with Crippen LogP contribution in [0.2, 0.25) is 10.2 Å². The molecule has 164 valence electrons. The molecule has 1 aliphatic carbocycles. The maximum absolute atomic E-state index is 13.8. The highest BCUT2D eigenvalue weighted by Crippen LogP contribution is 2.36. The van der Waals surface area contributed by atoms with Gasteiger partial charge < -0.3 is 19.9 Å². The average molecular weight is 469 g/mol. The van der Waals surface area contributed by atoms with Gasteiger partial charge in [0.05, 0.1) is 23.4 Å². The SMILES string of the molecule is C1CC1.Cn1c(=O)c2c(c3cc(Nc4ccnc(Cl)c4Cl)ccc31)NCC(F)(F)CO2. The minimum absolute atomic E-state index is 0.130. The van der Waals surface area contributed by atoms with Gasteiger partial charge in [0.25, 0.3) is 11.5 Å². The fourth-order valence-corrected chi connectivity index (χ4v) is 3.34. The van der Waals surface area contributed by atoms with Crippen LogP contribution < -0.4 is 20.9 Å². The monoisotopic (exact) mass is 468 g/mol. The first-order valence-electron chi connectivity index (χ1n) is 9.75. The van der Waals surface area contributed by atoms with E-state index in [1.807, 2.05) is 0 Å². The maximum Gasteiger partial charge on any atom is 0.298 e. The Hall–Kier alpha value is -2.58. The summed E-state index contributed by atoms with van der Waals surface area (Å²) in [6.07, 6.45) is 6.00. The molecule has 2 aromatic heterocycles. The molecule has 0 saturated heterocycles. The number of fused-ring (bicyclic) bond motifs is 3. The van der Waals surface area contributed by atoms with Gasteiger partial charge in [-0.25, -0.2) is 13.8 Å². The third kappa shape index (κ3) is 4.70. The lowest BCUT2D eigenvalue weighted by atomic mass is 10.1. The number of nitrogens with one attached hydrogen (secondary N) is 2. The van der Waals surface area contributed by atoms with Crippen LogP contribution >= 0.6 is 23.2 Å². The van der Waals surface area contributed by atoms with E-state index in [0.29, 0.717) is 22.3 Å². The molecule has 2 aliphatic rings. The number of alkyl halides is 2. The summed E-state index contributed by atoms with van der Waals surface area (Å²) in [6.45, 7) is -1.50. The van der Waals surface area contributed by atoms with Crippen molar-refractivity contribution in [3.05, 3.63) is 51.0 Å². The van der Waals surface area contributed by atoms with E-state index in [-0.39, 0.29) is 21.6 Å². The molecule has 1 saturated carbocycles. The molecule has 3 aromatic rings. The summed E-state index contributed by atoms with van der Waals surface area (Å²) < 4.78 is 34.1. The largest absolute Gasteiger partial charge is 0.480 e. The number of nitrogens with zero attached hydrogens (tertiary/aromatic N) is 2. The van der Waals surface area contributed by atoms with Gasteiger partial charge in [0, 0.05) is 24.3 Å². The van der Waals surface area contributed by atoms with Gasteiger partial charge in [-0.2, -0.15) is 0 Å². The first kappa shape index (κ1) is 21.6. The fraction of sp³-hybridized carbons (Fsp3) is 0.333. The van der Waals surface area contributed by atoms with Crippen LogP contribution in [-0.2, 0) is 7.05 Å². The summed E-state index contributed by atoms with van der Waals surface area (Å²) in [5, 5.41) is 6.74. The molecular formula is C21H20Cl2F2N4O2. The van der Waals surface area contributed by atoms with Crippen molar-refractivity contribution in [1.29, 1.82) is 0 Å². The van der Waals surface area contributed by atoms with Gasteiger partial charge in [0.15, 0.2) is 6.61 Å². The number of hydrogen-bond donors (Lipinski definition) is 2. The summed E-state index contributed by atoms with van der Waals surface area (Å²) >= 11 is 12.1. The van der Waals surface area contributed by atoms with Crippen molar-refractivity contribution in [2.75, 3.05) is 23.8 Å². The van der Waals surface area contributed by atoms with Crippen LogP contribution in [0.4, 0.5) is 25.8 Å². The molecule has 6 nitrogen and oxygen atoms in total. The molecule has 10 heteroatoms. The first-order chi connectivity index (χ1) is 14.8. The number of aromatic nitrogens is 2. The third-order valence-corrected chi connectivity index (χ3v) is 5.55. The van der Waals surface area contributed by atoms with Crippen molar-refractivity contribution in [2.45, 2.75) is 25.2 Å². The van der Waals surface area contributed by atoms with E-state index in [1.54, 1.807) is 31.3 Å². The summed E-state index contributed by atoms with van der Waals surface area (Å²) in [6, 6.07) is 6.82. The van der Waals surface area contributed by atoms with E-state index in [2.05, 4.69) is 15.6 Å². The van der Waals surface area contributed by atoms with E-state index >= 15 is 0 Å². The van der Waals surface area contributed by atoms with Gasteiger partial charge in [-0.3, -0.25) is 4.79 Å². The van der Waals surface area contributed by atoms with Crippen molar-refractivity contribution in [1.82, 2.24) is 9.55 Å². The smallest absolute Gasteiger partial charge is 0.298 e. The first-order valence-corrected chi connectivity index (χ1v) is 10.5. The van der Waals surface area contributed by atoms with Crippen molar-refractivity contribution >= 4 is 51.2 Å². The molecule has 31 heavy (non-hydrogen) atoms. The Labute approximate surface area is 187 Å². The second kappa shape index (κ2) is 8.51. The molecule has 0 spiro atoms. The number of rotatable bonds is 2. The molecule has 0 amide bonds. The van der Waals surface area contributed by atoms with Crippen molar-refractivity contribution < 1.29 is 13.5 Å². The number of benzene rings is 1. The molecule has 1 aromatic carbocycles. The van der Waals surface area contributed by atoms with Gasteiger partial charge in [-0.05, 0) is 24.3 Å². The summed E-state index contributed by atoms with van der Waals surface area (Å²) in [5.74, 6) is -3.22. The van der Waals surface area contributed by atoms with Crippen LogP contribution in [-0.4, -0.2) is 28.6 Å². The normalized spacial score (nSPS) is 16.2. The topological polar surface area (TPSA) is 68.2 Å². The predicted octanol–water partition coefficient (Wildman–Crippen LogP) is 5.59. The molecule has 2 N–H and O–H groups in total. The standard InChI is InChI=1S/C18H14Cl2F2N4O2.C3H6/c1-26-12-3-2-9(25-11-4-5-23-16(20)13(11)19)6-10(12)14-15(17(26)27)28-8-18(21,22)7-24-14;1-2-3-1/h2-6,24H,7-8H2,1H3,(H,23,25);1-3H2. The average Bonchev–Trinajstić information content (AvgIpc) is 3.61. The minimum Gasteiger partial charge on any atom is -0.480 e. The van der Waals surface area contributed by atoms with E-state index in [1.165, 1.54) is 30.0 Å². The second-order valence-corrected chi connectivity index (χ2v) is 8.18. The lowest BCUT2D eigenvalue weighted by Gasteiger charge is -2.16. The Bertz CT molecular complexity index is 1200. The number of aryl methyl sites for hydroxylation is 1. The number of pyridine rings is 2. The van der Waals surface area contributed by atoms with Crippen LogP contribution in [0.1, 0.15) is 19.3 Å². The highest BCUT2D eigenvalue weighted by atomic mass is 35.5. The van der Waals surface area contributed by atoms with Crippen LogP contribution in [0.25, 0.3) is 10.9 Å². The van der Waals surface area contributed by atoms with Gasteiger partial charge >= 0.3 is 0 Å². The Morgan fingerprint density at radius 1 is 1.23 bits per heavy atom. The fourth-order valence-electron chi connectivity index (χ4n) is 3.02. The molecule has 0 bridgehead atoms. The number of anilines is 3. The Kier molecular flexibility index (Phi) is 5.94. The van der Waals surface area contributed by atoms with Gasteiger partial charge in [0.1, 0.15) is 10.2 Å². The van der Waals surface area contributed by atoms with Gasteiger partial charge in [-0.15, -0.1) is 0 Å². The van der Waals surface area contributed by atoms with Crippen LogP contribution in [0.15, 0.2) is 35.3 Å². The van der Waals surface area contributed by atoms with Gasteiger partial charge in [-0.1, -0.05) is 42.5 Å². The zero-order valence-electron chi connectivity index (χ0n) is 16.6. The molecule has 5 rings (SSSR count). The quantitative estimate of drug-likeness (QED) is 0.479. The number of ether oxygens (including phenoxy) is 1. The van der Waals surface area contributed by atoms with E-state index in [4.69, 9.17) is 27.9 Å². The molecular weight excluding hydrogens is 449 g/mol. The molecule has 3 heterocycles. The van der Waals surface area contributed by atoms with Crippen LogP contribution in [0.5, 0.6) is 5.75 Å². The highest BCUT2D eigenvalue weighted by molar-refractivity contribution is 6.43. The molecule has 1 aliphatic heterocycles. The molecule has 0 atom stereocenters.